The Morgan fingerprint density at radius 1 is 1.20 bits per heavy atom. The molecule has 7 nitrogen and oxygen atoms in total. The second-order valence-corrected chi connectivity index (χ2v) is 4.30. The summed E-state index contributed by atoms with van der Waals surface area (Å²) in [6, 6.07) is 3.37. The van der Waals surface area contributed by atoms with E-state index in [-0.39, 0.29) is 42.6 Å². The largest absolute Gasteiger partial charge is 0.478 e. The lowest BCUT2D eigenvalue weighted by Gasteiger charge is -2.21. The van der Waals surface area contributed by atoms with Crippen LogP contribution in [0.5, 0.6) is 0 Å². The predicted octanol–water partition coefficient (Wildman–Crippen LogP) is 0.857. The van der Waals surface area contributed by atoms with Crippen LogP contribution in [0.25, 0.3) is 0 Å². The van der Waals surface area contributed by atoms with E-state index in [1.165, 1.54) is 18.2 Å². The number of rotatable bonds is 6. The Labute approximate surface area is 120 Å². The fraction of sp³-hybridized carbons (Fsp3) is 0.333. The third kappa shape index (κ3) is 4.37. The summed E-state index contributed by atoms with van der Waals surface area (Å²) >= 11 is 5.77. The van der Waals surface area contributed by atoms with Gasteiger partial charge in [-0.15, -0.1) is 0 Å². The van der Waals surface area contributed by atoms with Gasteiger partial charge in [-0.1, -0.05) is 11.6 Å². The zero-order chi connectivity index (χ0) is 15.1. The Morgan fingerprint density at radius 2 is 1.80 bits per heavy atom. The molecule has 0 aromatic heterocycles. The molecule has 0 radical (unpaired) electrons. The van der Waals surface area contributed by atoms with Gasteiger partial charge in [0.1, 0.15) is 0 Å². The van der Waals surface area contributed by atoms with Crippen LogP contribution >= 0.6 is 11.6 Å². The van der Waals surface area contributed by atoms with E-state index in [4.69, 9.17) is 26.9 Å². The highest BCUT2D eigenvalue weighted by Crippen LogP contribution is 2.21. The summed E-state index contributed by atoms with van der Waals surface area (Å²) < 4.78 is 0. The van der Waals surface area contributed by atoms with E-state index in [2.05, 4.69) is 5.32 Å². The summed E-state index contributed by atoms with van der Waals surface area (Å²) in [7, 11) is 0. The van der Waals surface area contributed by atoms with Crippen LogP contribution in [0, 0.1) is 0 Å². The van der Waals surface area contributed by atoms with E-state index in [0.717, 1.165) is 4.90 Å². The number of carboxylic acids is 1. The van der Waals surface area contributed by atoms with Gasteiger partial charge < -0.3 is 25.5 Å². The van der Waals surface area contributed by atoms with Crippen molar-refractivity contribution < 1.29 is 24.9 Å². The molecular formula is C12H15ClN2O5. The number of hydrogen-bond donors (Lipinski definition) is 4. The van der Waals surface area contributed by atoms with Gasteiger partial charge in [0.05, 0.1) is 24.5 Å². The van der Waals surface area contributed by atoms with Crippen molar-refractivity contribution in [2.45, 2.75) is 0 Å². The van der Waals surface area contributed by atoms with Gasteiger partial charge in [0.2, 0.25) is 0 Å². The molecular weight excluding hydrogens is 288 g/mol. The minimum Gasteiger partial charge on any atom is -0.478 e. The van der Waals surface area contributed by atoms with Crippen LogP contribution in [0.2, 0.25) is 5.02 Å². The number of halogens is 1. The van der Waals surface area contributed by atoms with E-state index in [1.54, 1.807) is 0 Å². The molecule has 0 spiro atoms. The van der Waals surface area contributed by atoms with Crippen LogP contribution in [0.1, 0.15) is 10.4 Å². The molecule has 0 unspecified atom stereocenters. The SMILES string of the molecule is O=C(O)c1ccc(Cl)cc1NC(=O)N(CCO)CCO. The van der Waals surface area contributed by atoms with Crippen LogP contribution in [-0.2, 0) is 0 Å². The molecule has 4 N–H and O–H groups in total. The van der Waals surface area contributed by atoms with E-state index in [9.17, 15) is 9.59 Å². The fourth-order valence-electron chi connectivity index (χ4n) is 1.56. The topological polar surface area (TPSA) is 110 Å². The van der Waals surface area contributed by atoms with E-state index < -0.39 is 12.0 Å². The van der Waals surface area contributed by atoms with Crippen molar-refractivity contribution in [1.82, 2.24) is 4.90 Å². The molecule has 0 atom stereocenters. The molecule has 8 heteroatoms. The highest BCUT2D eigenvalue weighted by Gasteiger charge is 2.17. The molecule has 1 aromatic rings. The van der Waals surface area contributed by atoms with Crippen molar-refractivity contribution in [3.63, 3.8) is 0 Å². The molecule has 0 aliphatic carbocycles. The quantitative estimate of drug-likeness (QED) is 0.623. The normalized spacial score (nSPS) is 10.2. The molecule has 20 heavy (non-hydrogen) atoms. The number of carbonyl (C=O) groups is 2. The second kappa shape index (κ2) is 7.68. The smallest absolute Gasteiger partial charge is 0.337 e. The number of carbonyl (C=O) groups excluding carboxylic acids is 1. The molecule has 0 aliphatic rings. The van der Waals surface area contributed by atoms with Crippen molar-refractivity contribution >= 4 is 29.3 Å². The predicted molar refractivity (Wildman–Crippen MR) is 73.2 cm³/mol. The number of nitrogens with one attached hydrogen (secondary N) is 1. The summed E-state index contributed by atoms with van der Waals surface area (Å²) in [6.45, 7) is -0.492. The van der Waals surface area contributed by atoms with Gasteiger partial charge in [-0.25, -0.2) is 9.59 Å². The molecule has 0 saturated heterocycles. The number of aliphatic hydroxyl groups is 2. The van der Waals surface area contributed by atoms with Crippen molar-refractivity contribution in [2.24, 2.45) is 0 Å². The van der Waals surface area contributed by atoms with Crippen molar-refractivity contribution in [3.05, 3.63) is 28.8 Å². The molecule has 0 aliphatic heterocycles. The van der Waals surface area contributed by atoms with Gasteiger partial charge in [0.15, 0.2) is 0 Å². The lowest BCUT2D eigenvalue weighted by molar-refractivity contribution is 0.0698. The van der Waals surface area contributed by atoms with Gasteiger partial charge >= 0.3 is 12.0 Å². The van der Waals surface area contributed by atoms with Gasteiger partial charge in [-0.05, 0) is 18.2 Å². The van der Waals surface area contributed by atoms with E-state index in [0.29, 0.717) is 0 Å². The Morgan fingerprint density at radius 3 is 2.30 bits per heavy atom. The third-order valence-electron chi connectivity index (χ3n) is 2.48. The Bertz CT molecular complexity index is 489. The number of nitrogens with zero attached hydrogens (tertiary/aromatic N) is 1. The Balaban J connectivity index is 2.93. The molecule has 2 amide bonds. The van der Waals surface area contributed by atoms with Gasteiger partial charge in [-0.2, -0.15) is 0 Å². The zero-order valence-electron chi connectivity index (χ0n) is 10.5. The minimum atomic E-state index is -1.20. The van der Waals surface area contributed by atoms with Crippen LogP contribution in [0.15, 0.2) is 18.2 Å². The lowest BCUT2D eigenvalue weighted by Crippen LogP contribution is -2.39. The van der Waals surface area contributed by atoms with E-state index in [1.807, 2.05) is 0 Å². The number of benzene rings is 1. The number of carboxylic acid groups (broad SMARTS) is 1. The van der Waals surface area contributed by atoms with Gasteiger partial charge in [0, 0.05) is 18.1 Å². The maximum Gasteiger partial charge on any atom is 0.337 e. The molecule has 0 saturated carbocycles. The number of anilines is 1. The number of hydrogen-bond acceptors (Lipinski definition) is 4. The molecule has 1 aromatic carbocycles. The van der Waals surface area contributed by atoms with Crippen molar-refractivity contribution in [3.8, 4) is 0 Å². The number of amides is 2. The summed E-state index contributed by atoms with van der Waals surface area (Å²) in [4.78, 5) is 24.1. The van der Waals surface area contributed by atoms with Crippen LogP contribution in [0.3, 0.4) is 0 Å². The minimum absolute atomic E-state index is 0.0232. The summed E-state index contributed by atoms with van der Waals surface area (Å²) in [6.07, 6.45) is 0. The van der Waals surface area contributed by atoms with Gasteiger partial charge in [0.25, 0.3) is 0 Å². The maximum absolute atomic E-state index is 11.9. The van der Waals surface area contributed by atoms with Crippen LogP contribution in [-0.4, -0.2) is 58.5 Å². The van der Waals surface area contributed by atoms with Crippen LogP contribution in [0.4, 0.5) is 10.5 Å². The Kier molecular flexibility index (Phi) is 6.23. The zero-order valence-corrected chi connectivity index (χ0v) is 11.3. The molecule has 1 rings (SSSR count). The van der Waals surface area contributed by atoms with Crippen molar-refractivity contribution in [1.29, 1.82) is 0 Å². The second-order valence-electron chi connectivity index (χ2n) is 3.86. The highest BCUT2D eigenvalue weighted by molar-refractivity contribution is 6.31. The standard InChI is InChI=1S/C12H15ClN2O5/c13-8-1-2-9(11(18)19)10(7-8)14-12(20)15(3-5-16)4-6-17/h1-2,7,16-17H,3-6H2,(H,14,20)(H,18,19). The van der Waals surface area contributed by atoms with Crippen molar-refractivity contribution in [2.75, 3.05) is 31.6 Å². The highest BCUT2D eigenvalue weighted by atomic mass is 35.5. The average Bonchev–Trinajstić information content (AvgIpc) is 2.38. The number of urea groups is 1. The lowest BCUT2D eigenvalue weighted by atomic mass is 10.2. The molecule has 0 fully saturated rings. The first-order chi connectivity index (χ1) is 9.49. The molecule has 0 bridgehead atoms. The average molecular weight is 303 g/mol. The monoisotopic (exact) mass is 302 g/mol. The maximum atomic E-state index is 11.9. The molecule has 0 heterocycles. The number of aliphatic hydroxyl groups excluding tert-OH is 2. The fourth-order valence-corrected chi connectivity index (χ4v) is 1.73. The third-order valence-corrected chi connectivity index (χ3v) is 2.72. The Hall–Kier alpha value is -1.83. The number of aromatic carboxylic acids is 1. The molecule has 110 valence electrons. The van der Waals surface area contributed by atoms with Crippen LogP contribution < -0.4 is 5.32 Å². The van der Waals surface area contributed by atoms with E-state index >= 15 is 0 Å². The summed E-state index contributed by atoms with van der Waals surface area (Å²) in [5.41, 5.74) is -0.0495. The summed E-state index contributed by atoms with van der Waals surface area (Å²) in [5.74, 6) is -1.20. The first kappa shape index (κ1) is 16.2. The summed E-state index contributed by atoms with van der Waals surface area (Å²) in [5, 5.41) is 29.4. The van der Waals surface area contributed by atoms with Gasteiger partial charge in [-0.3, -0.25) is 0 Å². The first-order valence-corrected chi connectivity index (χ1v) is 6.18. The first-order valence-electron chi connectivity index (χ1n) is 5.80.